The van der Waals surface area contributed by atoms with E-state index in [1.165, 1.54) is 19.3 Å². The molecule has 1 aromatic carbocycles. The Morgan fingerprint density at radius 3 is 2.62 bits per heavy atom. The van der Waals surface area contributed by atoms with Gasteiger partial charge in [0.1, 0.15) is 4.70 Å². The fourth-order valence-electron chi connectivity index (χ4n) is 3.42. The van der Waals surface area contributed by atoms with Crippen molar-refractivity contribution in [3.8, 4) is 0 Å². The predicted octanol–water partition coefficient (Wildman–Crippen LogP) is 5.16. The van der Waals surface area contributed by atoms with E-state index in [4.69, 9.17) is 0 Å². The van der Waals surface area contributed by atoms with E-state index in [2.05, 4.69) is 11.1 Å². The lowest BCUT2D eigenvalue weighted by atomic mass is 9.89. The number of likely N-dealkylation sites (N-methyl/N-ethyl adjacent to an activating group) is 1. The van der Waals surface area contributed by atoms with Crippen molar-refractivity contribution in [3.05, 3.63) is 50.3 Å². The maximum Gasteiger partial charge on any atom is 0.416 e. The van der Waals surface area contributed by atoms with Crippen LogP contribution in [0.3, 0.4) is 0 Å². The molecule has 0 bridgehead atoms. The van der Waals surface area contributed by atoms with Crippen LogP contribution in [-0.2, 0) is 6.18 Å². The molecule has 1 aliphatic carbocycles. The molecule has 1 aromatic heterocycles. The molecule has 1 saturated carbocycles. The molecule has 0 atom stereocenters. The number of alkyl halides is 3. The Labute approximate surface area is 168 Å². The van der Waals surface area contributed by atoms with E-state index in [1.54, 1.807) is 11.9 Å². The Balaban J connectivity index is 1.93. The summed E-state index contributed by atoms with van der Waals surface area (Å²) < 4.78 is 39.0. The summed E-state index contributed by atoms with van der Waals surface area (Å²) in [5.74, 6) is 0.530. The number of hydrogen-bond donors (Lipinski definition) is 0. The number of anilines is 1. The van der Waals surface area contributed by atoms with Gasteiger partial charge in [-0.2, -0.15) is 18.2 Å². The summed E-state index contributed by atoms with van der Waals surface area (Å²) in [6, 6.07) is 1.09. The van der Waals surface area contributed by atoms with E-state index in [0.29, 0.717) is 24.6 Å². The van der Waals surface area contributed by atoms with Gasteiger partial charge in [0, 0.05) is 19.7 Å². The van der Waals surface area contributed by atoms with E-state index in [9.17, 15) is 28.1 Å². The standard InChI is InChI=1S/C19H20F3N3O3S/c1-24(9-5-8-12-6-3-2-4-7-12)18-23-17(26)14-10-13(19(20,21)22)11-15(25(27)28)16(14)29-18/h5,8,10-12H,2-4,6-7,9H2,1H3/b8-5-. The van der Waals surface area contributed by atoms with E-state index >= 15 is 0 Å². The summed E-state index contributed by atoms with van der Waals surface area (Å²) in [5, 5.41) is 11.2. The van der Waals surface area contributed by atoms with Crippen LogP contribution in [0.1, 0.15) is 37.7 Å². The molecule has 0 amide bonds. The molecule has 10 heteroatoms. The zero-order valence-corrected chi connectivity index (χ0v) is 16.6. The largest absolute Gasteiger partial charge is 0.416 e. The highest BCUT2D eigenvalue weighted by molar-refractivity contribution is 7.22. The third-order valence-corrected chi connectivity index (χ3v) is 6.20. The minimum Gasteiger partial charge on any atom is -0.347 e. The van der Waals surface area contributed by atoms with Crippen molar-refractivity contribution in [1.29, 1.82) is 0 Å². The third-order valence-electron chi connectivity index (χ3n) is 4.98. The van der Waals surface area contributed by atoms with E-state index < -0.39 is 33.3 Å². The van der Waals surface area contributed by atoms with E-state index in [-0.39, 0.29) is 9.83 Å². The molecule has 1 fully saturated rings. The number of non-ortho nitro benzene ring substituents is 1. The number of allylic oxidation sites excluding steroid dienone is 1. The van der Waals surface area contributed by atoms with Crippen LogP contribution in [-0.4, -0.2) is 23.5 Å². The molecule has 0 saturated heterocycles. The van der Waals surface area contributed by atoms with E-state index in [0.717, 1.165) is 24.2 Å². The van der Waals surface area contributed by atoms with Crippen molar-refractivity contribution >= 4 is 32.2 Å². The molecular formula is C19H20F3N3O3S. The first kappa shape index (κ1) is 21.2. The van der Waals surface area contributed by atoms with Crippen molar-refractivity contribution in [3.63, 3.8) is 0 Å². The number of halogens is 3. The molecule has 2 aromatic rings. The Hall–Kier alpha value is -2.49. The fraction of sp³-hybridized carbons (Fsp3) is 0.474. The quantitative estimate of drug-likeness (QED) is 0.374. The maximum absolute atomic E-state index is 13.0. The summed E-state index contributed by atoms with van der Waals surface area (Å²) >= 11 is 0.841. The maximum atomic E-state index is 13.0. The zero-order valence-electron chi connectivity index (χ0n) is 15.7. The smallest absolute Gasteiger partial charge is 0.347 e. The number of rotatable bonds is 5. The summed E-state index contributed by atoms with van der Waals surface area (Å²) in [6.45, 7) is 0.444. The van der Waals surface area contributed by atoms with Gasteiger partial charge < -0.3 is 4.90 Å². The van der Waals surface area contributed by atoms with Gasteiger partial charge in [-0.1, -0.05) is 42.8 Å². The molecule has 0 N–H and O–H groups in total. The second-order valence-corrected chi connectivity index (χ2v) is 8.11. The number of nitro groups is 1. The van der Waals surface area contributed by atoms with Crippen molar-refractivity contribution in [2.24, 2.45) is 5.92 Å². The van der Waals surface area contributed by atoms with Gasteiger partial charge in [0.05, 0.1) is 15.9 Å². The first-order valence-corrected chi connectivity index (χ1v) is 10.1. The minimum absolute atomic E-state index is 0.110. The van der Waals surface area contributed by atoms with Crippen LogP contribution >= 0.6 is 11.3 Å². The van der Waals surface area contributed by atoms with Crippen LogP contribution in [0.25, 0.3) is 10.1 Å². The lowest BCUT2D eigenvalue weighted by Crippen LogP contribution is -2.21. The molecule has 3 rings (SSSR count). The van der Waals surface area contributed by atoms with Crippen LogP contribution in [0.2, 0.25) is 0 Å². The monoisotopic (exact) mass is 427 g/mol. The Morgan fingerprint density at radius 2 is 2.00 bits per heavy atom. The predicted molar refractivity (Wildman–Crippen MR) is 107 cm³/mol. The molecule has 0 radical (unpaired) electrons. The Kier molecular flexibility index (Phi) is 6.21. The molecule has 0 unspecified atom stereocenters. The van der Waals surface area contributed by atoms with Gasteiger partial charge in [-0.15, -0.1) is 0 Å². The number of nitrogens with zero attached hydrogens (tertiary/aromatic N) is 3. The minimum atomic E-state index is -4.80. The van der Waals surface area contributed by atoms with Crippen LogP contribution < -0.4 is 10.5 Å². The summed E-state index contributed by atoms with van der Waals surface area (Å²) in [5.41, 5.74) is -2.89. The normalized spacial score (nSPS) is 15.9. The first-order chi connectivity index (χ1) is 13.7. The second kappa shape index (κ2) is 8.48. The number of nitro benzene ring substituents is 1. The number of benzene rings is 1. The summed E-state index contributed by atoms with van der Waals surface area (Å²) in [6.07, 6.45) is 5.29. The lowest BCUT2D eigenvalue weighted by Gasteiger charge is -2.19. The molecule has 0 aliphatic heterocycles. The van der Waals surface area contributed by atoms with Crippen molar-refractivity contribution in [2.75, 3.05) is 18.5 Å². The average molecular weight is 427 g/mol. The molecule has 0 spiro atoms. The molecule has 29 heavy (non-hydrogen) atoms. The highest BCUT2D eigenvalue weighted by Gasteiger charge is 2.34. The number of aromatic nitrogens is 1. The fourth-order valence-corrected chi connectivity index (χ4v) is 4.46. The number of fused-ring (bicyclic) bond motifs is 1. The van der Waals surface area contributed by atoms with Crippen molar-refractivity contribution < 1.29 is 18.1 Å². The van der Waals surface area contributed by atoms with Gasteiger partial charge in [-0.3, -0.25) is 14.9 Å². The van der Waals surface area contributed by atoms with Crippen LogP contribution in [0.4, 0.5) is 24.0 Å². The Morgan fingerprint density at radius 1 is 1.31 bits per heavy atom. The third kappa shape index (κ3) is 4.92. The first-order valence-electron chi connectivity index (χ1n) is 9.25. The zero-order chi connectivity index (χ0) is 21.2. The van der Waals surface area contributed by atoms with Crippen LogP contribution in [0, 0.1) is 16.0 Å². The Bertz CT molecular complexity index is 998. The lowest BCUT2D eigenvalue weighted by molar-refractivity contribution is -0.383. The highest BCUT2D eigenvalue weighted by Crippen LogP contribution is 2.38. The van der Waals surface area contributed by atoms with Gasteiger partial charge >= 0.3 is 6.18 Å². The summed E-state index contributed by atoms with van der Waals surface area (Å²) in [7, 11) is 1.69. The highest BCUT2D eigenvalue weighted by atomic mass is 32.1. The van der Waals surface area contributed by atoms with Crippen LogP contribution in [0.15, 0.2) is 29.1 Å². The molecule has 6 nitrogen and oxygen atoms in total. The van der Waals surface area contributed by atoms with Crippen LogP contribution in [0.5, 0.6) is 0 Å². The van der Waals surface area contributed by atoms with Gasteiger partial charge in [0.25, 0.3) is 11.2 Å². The van der Waals surface area contributed by atoms with Crippen molar-refractivity contribution in [1.82, 2.24) is 4.98 Å². The second-order valence-electron chi connectivity index (χ2n) is 7.14. The molecule has 1 aliphatic rings. The summed E-state index contributed by atoms with van der Waals surface area (Å²) in [4.78, 5) is 28.3. The SMILES string of the molecule is CN(C/C=C\C1CCCCC1)c1nc(=O)c2cc(C(F)(F)F)cc([N+](=O)[O-])c2s1. The average Bonchev–Trinajstić information content (AvgIpc) is 2.67. The molecule has 1 heterocycles. The molecule has 156 valence electrons. The topological polar surface area (TPSA) is 76.3 Å². The molecular weight excluding hydrogens is 407 g/mol. The number of hydrogen-bond acceptors (Lipinski definition) is 6. The van der Waals surface area contributed by atoms with Gasteiger partial charge in [0.15, 0.2) is 5.13 Å². The van der Waals surface area contributed by atoms with Gasteiger partial charge in [-0.25, -0.2) is 0 Å². The van der Waals surface area contributed by atoms with Crippen molar-refractivity contribution in [2.45, 2.75) is 38.3 Å². The van der Waals surface area contributed by atoms with Gasteiger partial charge in [0.2, 0.25) is 0 Å². The van der Waals surface area contributed by atoms with Gasteiger partial charge in [-0.05, 0) is 24.8 Å². The van der Waals surface area contributed by atoms with E-state index in [1.807, 2.05) is 6.08 Å².